The lowest BCUT2D eigenvalue weighted by Crippen LogP contribution is -2.37. The van der Waals surface area contributed by atoms with Crippen molar-refractivity contribution >= 4 is 19.8 Å². The van der Waals surface area contributed by atoms with Crippen LogP contribution in [-0.4, -0.2) is 74.9 Å². The number of hydrogen-bond donors (Lipinski definition) is 1. The van der Waals surface area contributed by atoms with Gasteiger partial charge in [-0.05, 0) is 44.9 Å². The molecular formula is C50H97NO8P+. The summed E-state index contributed by atoms with van der Waals surface area (Å²) in [5, 5.41) is 0. The summed E-state index contributed by atoms with van der Waals surface area (Å²) < 4.78 is 34.4. The van der Waals surface area contributed by atoms with E-state index >= 15 is 0 Å². The third kappa shape index (κ3) is 46.0. The van der Waals surface area contributed by atoms with E-state index in [4.69, 9.17) is 18.5 Å². The number of phosphoric acid groups is 1. The van der Waals surface area contributed by atoms with Gasteiger partial charge in [0.2, 0.25) is 0 Å². The van der Waals surface area contributed by atoms with Crippen LogP contribution in [0.3, 0.4) is 0 Å². The number of allylic oxidation sites excluding steroid dienone is 4. The number of carbonyl (C=O) groups is 2. The molecule has 1 N–H and O–H groups in total. The Morgan fingerprint density at radius 1 is 0.517 bits per heavy atom. The van der Waals surface area contributed by atoms with Gasteiger partial charge in [0.15, 0.2) is 6.10 Å². The zero-order valence-electron chi connectivity index (χ0n) is 40.0. The number of nitrogens with zero attached hydrogens (tertiary/aromatic N) is 1. The van der Waals surface area contributed by atoms with Gasteiger partial charge in [-0.2, -0.15) is 0 Å². The molecule has 1 unspecified atom stereocenters. The molecule has 0 aliphatic carbocycles. The Kier molecular flexibility index (Phi) is 41.7. The molecule has 0 aromatic carbocycles. The van der Waals surface area contributed by atoms with Crippen molar-refractivity contribution in [1.29, 1.82) is 0 Å². The van der Waals surface area contributed by atoms with Crippen LogP contribution in [0.15, 0.2) is 24.3 Å². The highest BCUT2D eigenvalue weighted by Crippen LogP contribution is 2.43. The molecule has 0 saturated heterocycles. The fourth-order valence-electron chi connectivity index (χ4n) is 7.05. The van der Waals surface area contributed by atoms with E-state index in [0.717, 1.165) is 38.5 Å². The van der Waals surface area contributed by atoms with E-state index < -0.39 is 32.5 Å². The summed E-state index contributed by atoms with van der Waals surface area (Å²) in [6, 6.07) is 0. The summed E-state index contributed by atoms with van der Waals surface area (Å²) in [6.07, 6.45) is 48.1. The third-order valence-electron chi connectivity index (χ3n) is 11.0. The number of likely N-dealkylation sites (N-methyl/N-ethyl adjacent to an activating group) is 1. The first-order chi connectivity index (χ1) is 29.0. The molecular weight excluding hydrogens is 774 g/mol. The van der Waals surface area contributed by atoms with Crippen LogP contribution in [-0.2, 0) is 32.7 Å². The zero-order valence-corrected chi connectivity index (χ0v) is 40.9. The van der Waals surface area contributed by atoms with Crippen molar-refractivity contribution in [2.24, 2.45) is 0 Å². The van der Waals surface area contributed by atoms with Gasteiger partial charge in [0.25, 0.3) is 0 Å². The van der Waals surface area contributed by atoms with E-state index in [1.165, 1.54) is 154 Å². The maximum absolute atomic E-state index is 12.7. The normalized spacial score (nSPS) is 13.6. The van der Waals surface area contributed by atoms with Crippen LogP contribution in [0.5, 0.6) is 0 Å². The van der Waals surface area contributed by atoms with Crippen molar-refractivity contribution in [3.05, 3.63) is 24.3 Å². The topological polar surface area (TPSA) is 108 Å². The minimum atomic E-state index is -4.38. The highest BCUT2D eigenvalue weighted by molar-refractivity contribution is 7.47. The third-order valence-corrected chi connectivity index (χ3v) is 12.0. The van der Waals surface area contributed by atoms with Crippen molar-refractivity contribution in [2.45, 2.75) is 238 Å². The van der Waals surface area contributed by atoms with Gasteiger partial charge in [-0.3, -0.25) is 18.6 Å². The van der Waals surface area contributed by atoms with E-state index in [1.807, 2.05) is 21.1 Å². The fraction of sp³-hybridized carbons (Fsp3) is 0.880. The first kappa shape index (κ1) is 58.5. The molecule has 354 valence electrons. The van der Waals surface area contributed by atoms with Gasteiger partial charge < -0.3 is 18.9 Å². The zero-order chi connectivity index (χ0) is 44.3. The summed E-state index contributed by atoms with van der Waals surface area (Å²) in [7, 11) is 1.47. The fourth-order valence-corrected chi connectivity index (χ4v) is 7.79. The summed E-state index contributed by atoms with van der Waals surface area (Å²) in [5.41, 5.74) is 0. The maximum atomic E-state index is 12.7. The van der Waals surface area contributed by atoms with Gasteiger partial charge in [0.1, 0.15) is 19.8 Å². The Bertz CT molecular complexity index is 1070. The standard InChI is InChI=1S/C50H96NO8P/c1-6-8-10-12-14-16-18-20-22-23-24-25-26-27-29-31-33-35-37-39-41-43-50(53)59-48(47-58-60(54,55)57-45-44-51(3,4)5)46-56-49(52)42-40-38-36-34-32-30-28-21-19-17-15-13-11-9-7-2/h21,28,32,34,48H,6-20,22-27,29-31,33,35-47H2,1-5H3/p+1/b28-21+,34-32+/t48-/m1/s1. The Morgan fingerprint density at radius 3 is 1.35 bits per heavy atom. The Balaban J connectivity index is 4.26. The number of phosphoric ester groups is 1. The van der Waals surface area contributed by atoms with Crippen LogP contribution in [0.2, 0.25) is 0 Å². The molecule has 0 fully saturated rings. The van der Waals surface area contributed by atoms with E-state index in [9.17, 15) is 19.0 Å². The van der Waals surface area contributed by atoms with Gasteiger partial charge in [0.05, 0.1) is 27.7 Å². The van der Waals surface area contributed by atoms with Crippen molar-refractivity contribution in [3.63, 3.8) is 0 Å². The summed E-state index contributed by atoms with van der Waals surface area (Å²) in [4.78, 5) is 35.5. The number of unbranched alkanes of at least 4 members (excludes halogenated alkanes) is 28. The lowest BCUT2D eigenvalue weighted by molar-refractivity contribution is -0.870. The van der Waals surface area contributed by atoms with Crippen molar-refractivity contribution < 1.29 is 42.1 Å². The second-order valence-electron chi connectivity index (χ2n) is 18.2. The SMILES string of the molecule is CCCCCCCC/C=C/C/C=C/CCCCC(=O)OC[C@H](COP(=O)(O)OCC[N+](C)(C)C)OC(=O)CCCCCCCCCCCCCCCCCCCCCCC. The van der Waals surface area contributed by atoms with Crippen LogP contribution < -0.4 is 0 Å². The summed E-state index contributed by atoms with van der Waals surface area (Å²) >= 11 is 0. The molecule has 10 heteroatoms. The molecule has 0 heterocycles. The van der Waals surface area contributed by atoms with E-state index in [-0.39, 0.29) is 26.1 Å². The van der Waals surface area contributed by atoms with Crippen LogP contribution in [0.1, 0.15) is 232 Å². The molecule has 2 atom stereocenters. The van der Waals surface area contributed by atoms with Crippen molar-refractivity contribution in [3.8, 4) is 0 Å². The first-order valence-electron chi connectivity index (χ1n) is 25.1. The van der Waals surface area contributed by atoms with Crippen LogP contribution in [0.4, 0.5) is 0 Å². The highest BCUT2D eigenvalue weighted by Gasteiger charge is 2.27. The predicted molar refractivity (Wildman–Crippen MR) is 252 cm³/mol. The number of rotatable bonds is 46. The summed E-state index contributed by atoms with van der Waals surface area (Å²) in [6.45, 7) is 4.42. The van der Waals surface area contributed by atoms with E-state index in [0.29, 0.717) is 23.9 Å². The monoisotopic (exact) mass is 871 g/mol. The molecule has 0 rings (SSSR count). The Labute approximate surface area is 370 Å². The second kappa shape index (κ2) is 42.8. The molecule has 0 saturated carbocycles. The molecule has 60 heavy (non-hydrogen) atoms. The average molecular weight is 871 g/mol. The van der Waals surface area contributed by atoms with Crippen molar-refractivity contribution in [2.75, 3.05) is 47.5 Å². The van der Waals surface area contributed by atoms with Crippen LogP contribution in [0, 0.1) is 0 Å². The van der Waals surface area contributed by atoms with Crippen LogP contribution >= 0.6 is 7.82 Å². The number of hydrogen-bond acceptors (Lipinski definition) is 7. The van der Waals surface area contributed by atoms with Gasteiger partial charge in [-0.25, -0.2) is 4.57 Å². The first-order valence-corrected chi connectivity index (χ1v) is 26.6. The molecule has 9 nitrogen and oxygen atoms in total. The van der Waals surface area contributed by atoms with Crippen molar-refractivity contribution in [1.82, 2.24) is 0 Å². The molecule has 0 spiro atoms. The second-order valence-corrected chi connectivity index (χ2v) is 19.7. The number of esters is 2. The van der Waals surface area contributed by atoms with Gasteiger partial charge in [-0.15, -0.1) is 0 Å². The highest BCUT2D eigenvalue weighted by atomic mass is 31.2. The molecule has 0 radical (unpaired) electrons. The predicted octanol–water partition coefficient (Wildman–Crippen LogP) is 14.7. The Morgan fingerprint density at radius 2 is 0.900 bits per heavy atom. The number of ether oxygens (including phenoxy) is 2. The average Bonchev–Trinajstić information content (AvgIpc) is 3.20. The van der Waals surface area contributed by atoms with Gasteiger partial charge in [-0.1, -0.05) is 199 Å². The lowest BCUT2D eigenvalue weighted by Gasteiger charge is -2.24. The lowest BCUT2D eigenvalue weighted by atomic mass is 10.0. The molecule has 0 aromatic heterocycles. The maximum Gasteiger partial charge on any atom is 0.472 e. The Hall–Kier alpha value is -1.51. The summed E-state index contributed by atoms with van der Waals surface area (Å²) in [5.74, 6) is -0.825. The number of quaternary nitrogens is 1. The molecule has 0 aliphatic heterocycles. The van der Waals surface area contributed by atoms with Gasteiger partial charge in [0, 0.05) is 12.8 Å². The number of carbonyl (C=O) groups excluding carboxylic acids is 2. The smallest absolute Gasteiger partial charge is 0.462 e. The largest absolute Gasteiger partial charge is 0.472 e. The van der Waals surface area contributed by atoms with E-state index in [2.05, 4.69) is 38.2 Å². The molecule has 0 aliphatic rings. The quantitative estimate of drug-likeness (QED) is 0.0212. The minimum absolute atomic E-state index is 0.0291. The van der Waals surface area contributed by atoms with Gasteiger partial charge >= 0.3 is 19.8 Å². The van der Waals surface area contributed by atoms with Crippen LogP contribution in [0.25, 0.3) is 0 Å². The molecule has 0 aromatic rings. The minimum Gasteiger partial charge on any atom is -0.462 e. The van der Waals surface area contributed by atoms with E-state index in [1.54, 1.807) is 0 Å². The molecule has 0 amide bonds. The molecule has 0 bridgehead atoms.